The molecule has 5 heterocycles. The Kier molecular flexibility index (Phi) is 12.5. The summed E-state index contributed by atoms with van der Waals surface area (Å²) in [5.41, 5.74) is 12.5. The Morgan fingerprint density at radius 3 is 1.98 bits per heavy atom. The molecule has 4 aromatic rings. The SMILES string of the molecule is C[C@@H]1CC(c2ccc(C#N)c3nccnc23)C[C@H](N)C1.C[C@H]1C[C@@H](NC2CCNC2=O)CN(c2ccc(C#N)c3nccnc23)C1.O=C1NCCC1Br. The van der Waals surface area contributed by atoms with Crippen LogP contribution in [-0.2, 0) is 9.59 Å². The van der Waals surface area contributed by atoms with Gasteiger partial charge in [0.1, 0.15) is 28.7 Å². The minimum absolute atomic E-state index is 0.0764. The quantitative estimate of drug-likeness (QED) is 0.217. The van der Waals surface area contributed by atoms with Crippen LogP contribution in [0.3, 0.4) is 0 Å². The van der Waals surface area contributed by atoms with Crippen LogP contribution in [0.5, 0.6) is 0 Å². The third-order valence-corrected chi connectivity index (χ3v) is 11.3. The first-order valence-corrected chi connectivity index (χ1v) is 19.3. The first kappa shape index (κ1) is 38.0. The molecule has 1 saturated carbocycles. The highest BCUT2D eigenvalue weighted by atomic mass is 79.9. The van der Waals surface area contributed by atoms with Crippen LogP contribution in [0.1, 0.15) is 75.0 Å². The maximum Gasteiger partial charge on any atom is 0.237 e. The largest absolute Gasteiger partial charge is 0.368 e. The Morgan fingerprint density at radius 1 is 0.774 bits per heavy atom. The topological polar surface area (TPSA) is 199 Å². The zero-order chi connectivity index (χ0) is 37.5. The van der Waals surface area contributed by atoms with Gasteiger partial charge in [-0.3, -0.25) is 29.5 Å². The number of carbonyl (C=O) groups is 2. The number of fused-ring (bicyclic) bond motifs is 2. The molecule has 8 rings (SSSR count). The van der Waals surface area contributed by atoms with Gasteiger partial charge in [0, 0.05) is 63.1 Å². The highest BCUT2D eigenvalue weighted by molar-refractivity contribution is 9.10. The van der Waals surface area contributed by atoms with Crippen LogP contribution in [0.2, 0.25) is 0 Å². The molecule has 276 valence electrons. The third-order valence-electron chi connectivity index (χ3n) is 10.4. The molecule has 3 saturated heterocycles. The predicted octanol–water partition coefficient (Wildman–Crippen LogP) is 4.20. The number of hydrogen-bond donors (Lipinski definition) is 4. The van der Waals surface area contributed by atoms with Crippen LogP contribution in [-0.4, -0.2) is 80.9 Å². The summed E-state index contributed by atoms with van der Waals surface area (Å²) < 4.78 is 0. The fraction of sp³-hybridized carbons (Fsp3) is 0.487. The van der Waals surface area contributed by atoms with Crippen molar-refractivity contribution in [1.29, 1.82) is 10.5 Å². The zero-order valence-corrected chi connectivity index (χ0v) is 31.7. The smallest absolute Gasteiger partial charge is 0.237 e. The predicted molar refractivity (Wildman–Crippen MR) is 207 cm³/mol. The van der Waals surface area contributed by atoms with Gasteiger partial charge in [0.15, 0.2) is 0 Å². The standard InChI is InChI=1S/C19H22N6O.C16H18N4.C4H6BrNO/c1-12-8-14(24-15-4-5-23-19(15)26)11-25(10-12)16-3-2-13(9-20)17-18(16)22-7-6-21-17;1-10-6-12(8-13(18)7-10)14-3-2-11(9-17)15-16(14)20-5-4-19-15;5-3-1-2-6-4(3)7/h2-3,6-7,12,14-15,24H,4-5,8,10-11H2,1H3,(H,23,26);2-5,10,12-13H,6-8,18H2,1H3;3H,1-2H2,(H,6,7)/t12-,14+,15?;10-,12?,13-;/m01./s1. The first-order chi connectivity index (χ1) is 25.6. The molecule has 4 aliphatic rings. The number of amides is 2. The van der Waals surface area contributed by atoms with Gasteiger partial charge >= 0.3 is 0 Å². The summed E-state index contributed by atoms with van der Waals surface area (Å²) in [6.07, 6.45) is 12.6. The fourth-order valence-corrected chi connectivity index (χ4v) is 8.46. The van der Waals surface area contributed by atoms with Gasteiger partial charge in [-0.15, -0.1) is 0 Å². The monoisotopic (exact) mass is 779 g/mol. The number of rotatable bonds is 4. The average Bonchev–Trinajstić information content (AvgIpc) is 3.75. The van der Waals surface area contributed by atoms with Crippen molar-refractivity contribution in [2.24, 2.45) is 17.6 Å². The molecule has 7 atom stereocenters. The molecule has 2 aromatic heterocycles. The lowest BCUT2D eigenvalue weighted by Gasteiger charge is -2.39. The third kappa shape index (κ3) is 9.07. The number of alkyl halides is 1. The minimum Gasteiger partial charge on any atom is -0.368 e. The Hall–Kier alpha value is -4.76. The van der Waals surface area contributed by atoms with Gasteiger partial charge in [-0.2, -0.15) is 10.5 Å². The van der Waals surface area contributed by atoms with Crippen molar-refractivity contribution in [2.45, 2.75) is 81.2 Å². The molecule has 4 fully saturated rings. The second-order valence-corrected chi connectivity index (χ2v) is 15.7. The second kappa shape index (κ2) is 17.4. The van der Waals surface area contributed by atoms with E-state index >= 15 is 0 Å². The van der Waals surface area contributed by atoms with Crippen LogP contribution in [0.15, 0.2) is 49.1 Å². The lowest BCUT2D eigenvalue weighted by molar-refractivity contribution is -0.121. The van der Waals surface area contributed by atoms with E-state index in [1.54, 1.807) is 24.8 Å². The molecule has 3 aliphatic heterocycles. The van der Waals surface area contributed by atoms with Crippen LogP contribution in [0.25, 0.3) is 22.1 Å². The van der Waals surface area contributed by atoms with Crippen LogP contribution >= 0.6 is 15.9 Å². The number of hydrogen-bond acceptors (Lipinski definition) is 11. The maximum absolute atomic E-state index is 11.9. The number of nitrogens with one attached hydrogen (secondary N) is 3. The van der Waals surface area contributed by atoms with E-state index in [1.807, 2.05) is 24.3 Å². The summed E-state index contributed by atoms with van der Waals surface area (Å²) in [5.74, 6) is 1.77. The number of aromatic nitrogens is 4. The first-order valence-electron chi connectivity index (χ1n) is 18.4. The molecule has 5 N–H and O–H groups in total. The van der Waals surface area contributed by atoms with Crippen molar-refractivity contribution in [3.8, 4) is 12.1 Å². The number of anilines is 1. The Bertz CT molecular complexity index is 2020. The van der Waals surface area contributed by atoms with Crippen LogP contribution in [0.4, 0.5) is 5.69 Å². The van der Waals surface area contributed by atoms with Gasteiger partial charge in [0.05, 0.1) is 33.2 Å². The van der Waals surface area contributed by atoms with Crippen molar-refractivity contribution in [3.63, 3.8) is 0 Å². The fourth-order valence-electron chi connectivity index (χ4n) is 8.07. The minimum atomic E-state index is -0.0929. The van der Waals surface area contributed by atoms with Crippen LogP contribution < -0.4 is 26.6 Å². The van der Waals surface area contributed by atoms with Gasteiger partial charge < -0.3 is 26.6 Å². The molecule has 53 heavy (non-hydrogen) atoms. The summed E-state index contributed by atoms with van der Waals surface area (Å²) in [6, 6.07) is 12.5. The Balaban J connectivity index is 0.000000157. The molecule has 0 spiro atoms. The van der Waals surface area contributed by atoms with Crippen molar-refractivity contribution in [2.75, 3.05) is 31.1 Å². The second-order valence-electron chi connectivity index (χ2n) is 14.6. The highest BCUT2D eigenvalue weighted by Gasteiger charge is 2.32. The molecule has 3 unspecified atom stereocenters. The molecular weight excluding hydrogens is 734 g/mol. The van der Waals surface area contributed by atoms with E-state index in [-0.39, 0.29) is 34.8 Å². The number of nitrogens with zero attached hydrogens (tertiary/aromatic N) is 7. The van der Waals surface area contributed by atoms with Crippen molar-refractivity contribution in [3.05, 3.63) is 65.7 Å². The Morgan fingerprint density at radius 2 is 1.40 bits per heavy atom. The normalized spacial score (nSPS) is 26.7. The molecule has 0 bridgehead atoms. The molecular formula is C39H46BrN11O2. The van der Waals surface area contributed by atoms with E-state index in [1.165, 1.54) is 5.56 Å². The van der Waals surface area contributed by atoms with Crippen molar-refractivity contribution >= 4 is 55.5 Å². The molecule has 2 aromatic carbocycles. The van der Waals surface area contributed by atoms with Gasteiger partial charge in [-0.1, -0.05) is 35.8 Å². The van der Waals surface area contributed by atoms with E-state index in [9.17, 15) is 20.1 Å². The number of halogens is 1. The average molecular weight is 781 g/mol. The number of carbonyl (C=O) groups excluding carboxylic acids is 2. The molecule has 13 nitrogen and oxygen atoms in total. The van der Waals surface area contributed by atoms with Gasteiger partial charge in [0.25, 0.3) is 0 Å². The summed E-state index contributed by atoms with van der Waals surface area (Å²) in [5, 5.41) is 27.6. The number of benzene rings is 2. The van der Waals surface area contributed by atoms with E-state index < -0.39 is 0 Å². The molecule has 1 aliphatic carbocycles. The van der Waals surface area contributed by atoms with E-state index in [0.717, 1.165) is 81.4 Å². The number of nitrogens with two attached hydrogens (primary N) is 1. The van der Waals surface area contributed by atoms with E-state index in [0.29, 0.717) is 39.9 Å². The molecule has 0 radical (unpaired) electrons. The number of nitriles is 2. The van der Waals surface area contributed by atoms with Gasteiger partial charge in [-0.25, -0.2) is 0 Å². The van der Waals surface area contributed by atoms with E-state index in [4.69, 9.17) is 5.73 Å². The van der Waals surface area contributed by atoms with Crippen molar-refractivity contribution < 1.29 is 9.59 Å². The highest BCUT2D eigenvalue weighted by Crippen LogP contribution is 2.38. The summed E-state index contributed by atoms with van der Waals surface area (Å²) in [7, 11) is 0. The lowest BCUT2D eigenvalue weighted by atomic mass is 9.76. The summed E-state index contributed by atoms with van der Waals surface area (Å²) >= 11 is 3.19. The summed E-state index contributed by atoms with van der Waals surface area (Å²) in [4.78, 5) is 42.3. The maximum atomic E-state index is 11.9. The van der Waals surface area contributed by atoms with Gasteiger partial charge in [0.2, 0.25) is 11.8 Å². The molecule has 2 amide bonds. The van der Waals surface area contributed by atoms with Crippen molar-refractivity contribution in [1.82, 2.24) is 35.9 Å². The zero-order valence-electron chi connectivity index (χ0n) is 30.1. The molecule has 14 heteroatoms. The summed E-state index contributed by atoms with van der Waals surface area (Å²) in [6.45, 7) is 7.79. The van der Waals surface area contributed by atoms with Gasteiger partial charge in [-0.05, 0) is 80.0 Å². The van der Waals surface area contributed by atoms with E-state index in [2.05, 4.69) is 82.7 Å². The lowest BCUT2D eigenvalue weighted by Crippen LogP contribution is -2.53. The van der Waals surface area contributed by atoms with Crippen LogP contribution in [0, 0.1) is 34.5 Å². The Labute approximate surface area is 318 Å². The number of piperidine rings is 1.